The topological polar surface area (TPSA) is 81.2 Å². The van der Waals surface area contributed by atoms with Gasteiger partial charge in [-0.3, -0.25) is 14.4 Å². The maximum absolute atomic E-state index is 14.4. The van der Waals surface area contributed by atoms with Gasteiger partial charge >= 0.3 is 0 Å². The number of aliphatic hydroxyl groups excluding tert-OH is 1. The maximum Gasteiger partial charge on any atom is 0.251 e. The minimum atomic E-state index is -0.819. The van der Waals surface area contributed by atoms with E-state index in [4.69, 9.17) is 0 Å². The molecule has 2 fully saturated rings. The molecule has 5 atom stereocenters. The van der Waals surface area contributed by atoms with E-state index in [0.717, 1.165) is 23.2 Å². The Morgan fingerprint density at radius 2 is 1.86 bits per heavy atom. The third-order valence-electron chi connectivity index (χ3n) is 7.95. The van der Waals surface area contributed by atoms with Crippen LogP contribution in [0.2, 0.25) is 0 Å². The number of nitrogens with zero attached hydrogens (tertiary/aromatic N) is 3. The molecular formula is C28H35N3O4S. The van der Waals surface area contributed by atoms with Crippen LogP contribution in [0.1, 0.15) is 30.9 Å². The van der Waals surface area contributed by atoms with Crippen molar-refractivity contribution >= 4 is 35.2 Å². The zero-order valence-electron chi connectivity index (χ0n) is 21.2. The van der Waals surface area contributed by atoms with E-state index in [1.807, 2.05) is 62.1 Å². The summed E-state index contributed by atoms with van der Waals surface area (Å²) < 4.78 is -0.819. The molecule has 2 saturated heterocycles. The van der Waals surface area contributed by atoms with Crippen molar-refractivity contribution in [1.29, 1.82) is 0 Å². The van der Waals surface area contributed by atoms with Gasteiger partial charge < -0.3 is 19.8 Å². The van der Waals surface area contributed by atoms with Crippen LogP contribution in [0.4, 0.5) is 5.69 Å². The number of aryl methyl sites for hydroxylation is 2. The molecular weight excluding hydrogens is 474 g/mol. The van der Waals surface area contributed by atoms with Crippen molar-refractivity contribution < 1.29 is 19.5 Å². The molecule has 4 aliphatic rings. The summed E-state index contributed by atoms with van der Waals surface area (Å²) in [6.07, 6.45) is 9.40. The zero-order valence-corrected chi connectivity index (χ0v) is 22.0. The summed E-state index contributed by atoms with van der Waals surface area (Å²) in [6, 6.07) is 5.34. The van der Waals surface area contributed by atoms with Gasteiger partial charge in [-0.25, -0.2) is 0 Å². The lowest BCUT2D eigenvalue weighted by molar-refractivity contribution is -0.142. The molecule has 192 valence electrons. The minimum Gasteiger partial charge on any atom is -0.396 e. The fraction of sp³-hybridized carbons (Fsp3) is 0.536. The van der Waals surface area contributed by atoms with Crippen LogP contribution >= 0.6 is 11.8 Å². The number of hydrogen-bond donors (Lipinski definition) is 1. The molecule has 7 nitrogen and oxygen atoms in total. The molecule has 0 bridgehead atoms. The van der Waals surface area contributed by atoms with Gasteiger partial charge in [0, 0.05) is 43.7 Å². The SMILES string of the molecule is CCCN1CC=C[C@H]2S[C@]34C=CCN(c5cc(C)ccc5C)C(=O)C3N(CCCO)C(=O)[C@@H]4[C@H]2C1=O. The number of aliphatic hydroxyl groups is 1. The van der Waals surface area contributed by atoms with Crippen molar-refractivity contribution in [2.45, 2.75) is 49.7 Å². The van der Waals surface area contributed by atoms with Crippen LogP contribution in [-0.4, -0.2) is 81.5 Å². The lowest BCUT2D eigenvalue weighted by atomic mass is 9.78. The Balaban J connectivity index is 1.61. The first-order valence-corrected chi connectivity index (χ1v) is 13.8. The highest BCUT2D eigenvalue weighted by Crippen LogP contribution is 2.61. The number of benzene rings is 1. The number of thioether (sulfide) groups is 1. The summed E-state index contributed by atoms with van der Waals surface area (Å²) in [6.45, 7) is 7.89. The Morgan fingerprint density at radius 3 is 2.61 bits per heavy atom. The third kappa shape index (κ3) is 3.80. The summed E-state index contributed by atoms with van der Waals surface area (Å²) >= 11 is 1.60. The molecule has 1 N–H and O–H groups in total. The molecule has 0 aliphatic carbocycles. The lowest BCUT2D eigenvalue weighted by Gasteiger charge is -2.35. The summed E-state index contributed by atoms with van der Waals surface area (Å²) in [5.41, 5.74) is 2.91. The van der Waals surface area contributed by atoms with Crippen LogP contribution in [0.5, 0.6) is 0 Å². The summed E-state index contributed by atoms with van der Waals surface area (Å²) in [7, 11) is 0. The van der Waals surface area contributed by atoms with Crippen molar-refractivity contribution in [3.8, 4) is 0 Å². The standard InChI is InChI=1S/C28H35N3O4S/c1-4-12-29-13-5-8-21-22(25(29)33)23-26(34)31(15-7-16-32)24-27(35)30(14-6-11-28(23,24)36-21)20-17-18(2)9-10-19(20)3/h5-6,8-11,17,21-24,32H,4,7,12-16H2,1-3H3/t21-,22+,23+,24?,28+/m1/s1. The Labute approximate surface area is 217 Å². The van der Waals surface area contributed by atoms with Crippen LogP contribution in [0, 0.1) is 25.7 Å². The first-order valence-electron chi connectivity index (χ1n) is 12.9. The smallest absolute Gasteiger partial charge is 0.251 e. The number of likely N-dealkylation sites (tertiary alicyclic amines) is 1. The van der Waals surface area contributed by atoms with Gasteiger partial charge in [0.1, 0.15) is 6.04 Å². The number of fused-ring (bicyclic) bond motifs is 2. The number of rotatable bonds is 6. The van der Waals surface area contributed by atoms with Crippen LogP contribution in [-0.2, 0) is 14.4 Å². The average molecular weight is 510 g/mol. The van der Waals surface area contributed by atoms with Crippen LogP contribution < -0.4 is 4.90 Å². The normalized spacial score (nSPS) is 31.4. The molecule has 36 heavy (non-hydrogen) atoms. The number of hydrogen-bond acceptors (Lipinski definition) is 5. The number of carbonyl (C=O) groups excluding carboxylic acids is 3. The molecule has 3 amide bonds. The zero-order chi connectivity index (χ0) is 25.6. The molecule has 1 aromatic carbocycles. The largest absolute Gasteiger partial charge is 0.396 e. The predicted molar refractivity (Wildman–Crippen MR) is 142 cm³/mol. The van der Waals surface area contributed by atoms with Gasteiger partial charge in [0.25, 0.3) is 5.91 Å². The van der Waals surface area contributed by atoms with Crippen LogP contribution in [0.3, 0.4) is 0 Å². The fourth-order valence-corrected chi connectivity index (χ4v) is 8.37. The van der Waals surface area contributed by atoms with E-state index < -0.39 is 22.6 Å². The lowest BCUT2D eigenvalue weighted by Crippen LogP contribution is -2.53. The van der Waals surface area contributed by atoms with E-state index in [2.05, 4.69) is 6.08 Å². The Bertz CT molecular complexity index is 1130. The minimum absolute atomic E-state index is 0.00816. The molecule has 0 aromatic heterocycles. The van der Waals surface area contributed by atoms with Crippen LogP contribution in [0.15, 0.2) is 42.5 Å². The summed E-state index contributed by atoms with van der Waals surface area (Å²) in [5.74, 6) is -1.36. The van der Waals surface area contributed by atoms with Gasteiger partial charge in [0.15, 0.2) is 0 Å². The van der Waals surface area contributed by atoms with Gasteiger partial charge in [0.2, 0.25) is 11.8 Å². The highest BCUT2D eigenvalue weighted by Gasteiger charge is 2.70. The second-order valence-electron chi connectivity index (χ2n) is 10.3. The Kier molecular flexibility index (Phi) is 6.76. The summed E-state index contributed by atoms with van der Waals surface area (Å²) in [5, 5.41) is 9.41. The molecule has 5 rings (SSSR count). The molecule has 4 aliphatic heterocycles. The van der Waals surface area contributed by atoms with Gasteiger partial charge in [-0.15, -0.1) is 11.8 Å². The van der Waals surface area contributed by atoms with Crippen molar-refractivity contribution in [2.75, 3.05) is 37.7 Å². The second kappa shape index (κ2) is 9.71. The molecule has 8 heteroatoms. The van der Waals surface area contributed by atoms with Crippen LogP contribution in [0.25, 0.3) is 0 Å². The first kappa shape index (κ1) is 25.1. The maximum atomic E-state index is 14.4. The monoisotopic (exact) mass is 509 g/mol. The van der Waals surface area contributed by atoms with E-state index >= 15 is 0 Å². The predicted octanol–water partition coefficient (Wildman–Crippen LogP) is 2.69. The molecule has 4 heterocycles. The van der Waals surface area contributed by atoms with Gasteiger partial charge in [0.05, 0.1) is 16.6 Å². The molecule has 1 spiro atoms. The van der Waals surface area contributed by atoms with E-state index in [9.17, 15) is 19.5 Å². The van der Waals surface area contributed by atoms with E-state index in [1.54, 1.807) is 21.6 Å². The van der Waals surface area contributed by atoms with Crippen molar-refractivity contribution in [1.82, 2.24) is 9.80 Å². The third-order valence-corrected chi connectivity index (χ3v) is 9.69. The Morgan fingerprint density at radius 1 is 1.06 bits per heavy atom. The molecule has 0 saturated carbocycles. The fourth-order valence-electron chi connectivity index (χ4n) is 6.37. The van der Waals surface area contributed by atoms with Gasteiger partial charge in [-0.2, -0.15) is 0 Å². The molecule has 1 unspecified atom stereocenters. The van der Waals surface area contributed by atoms with E-state index in [1.165, 1.54) is 0 Å². The molecule has 0 radical (unpaired) electrons. The van der Waals surface area contributed by atoms with Crippen molar-refractivity contribution in [3.63, 3.8) is 0 Å². The Hall–Kier alpha value is -2.58. The number of amides is 3. The highest BCUT2D eigenvalue weighted by molar-refractivity contribution is 8.02. The first-order chi connectivity index (χ1) is 17.3. The van der Waals surface area contributed by atoms with E-state index in [0.29, 0.717) is 32.6 Å². The van der Waals surface area contributed by atoms with E-state index in [-0.39, 0.29) is 29.6 Å². The van der Waals surface area contributed by atoms with Crippen molar-refractivity contribution in [3.05, 3.63) is 53.6 Å². The quantitative estimate of drug-likeness (QED) is 0.597. The highest BCUT2D eigenvalue weighted by atomic mass is 32.2. The van der Waals surface area contributed by atoms with Gasteiger partial charge in [-0.1, -0.05) is 43.4 Å². The van der Waals surface area contributed by atoms with Gasteiger partial charge in [-0.05, 0) is 43.9 Å². The number of carbonyl (C=O) groups is 3. The second-order valence-corrected chi connectivity index (χ2v) is 11.8. The van der Waals surface area contributed by atoms with Crippen molar-refractivity contribution in [2.24, 2.45) is 11.8 Å². The molecule has 1 aromatic rings. The average Bonchev–Trinajstić information content (AvgIpc) is 3.17. The number of anilines is 1. The summed E-state index contributed by atoms with van der Waals surface area (Å²) in [4.78, 5) is 47.5.